The Bertz CT molecular complexity index is 1080. The molecule has 0 saturated carbocycles. The van der Waals surface area contributed by atoms with Crippen LogP contribution in [0.15, 0.2) is 59.1 Å². The minimum Gasteiger partial charge on any atom is -0.479 e. The first-order valence-electron chi connectivity index (χ1n) is 10.4. The number of hydrogen-bond acceptors (Lipinski definition) is 7. The number of hydrogen-bond donors (Lipinski definition) is 2. The molecule has 0 radical (unpaired) electrons. The minimum atomic E-state index is -1.38. The van der Waals surface area contributed by atoms with Gasteiger partial charge in [-0.2, -0.15) is 0 Å². The average Bonchev–Trinajstić information content (AvgIpc) is 3.29. The fourth-order valence-corrected chi connectivity index (χ4v) is 3.49. The van der Waals surface area contributed by atoms with Gasteiger partial charge in [-0.25, -0.2) is 4.79 Å². The lowest BCUT2D eigenvalue weighted by Gasteiger charge is -2.21. The van der Waals surface area contributed by atoms with Crippen LogP contribution in [0, 0.1) is 0 Å². The normalized spacial score (nSPS) is 12.6. The van der Waals surface area contributed by atoms with Crippen LogP contribution in [0.5, 0.6) is 5.88 Å². The largest absolute Gasteiger partial charge is 0.479 e. The van der Waals surface area contributed by atoms with Crippen LogP contribution < -0.4 is 10.1 Å². The Morgan fingerprint density at radius 3 is 2.55 bits per heavy atom. The Morgan fingerprint density at radius 2 is 1.91 bits per heavy atom. The van der Waals surface area contributed by atoms with E-state index in [1.54, 1.807) is 6.92 Å². The highest BCUT2D eigenvalue weighted by atomic mass is 35.5. The predicted molar refractivity (Wildman–Crippen MR) is 122 cm³/mol. The molecule has 0 bridgehead atoms. The molecule has 3 aromatic rings. The molecule has 1 amide bonds. The number of aliphatic hydroxyl groups is 1. The summed E-state index contributed by atoms with van der Waals surface area (Å²) in [5.74, 6) is -1.16. The second-order valence-electron chi connectivity index (χ2n) is 7.32. The van der Waals surface area contributed by atoms with E-state index >= 15 is 0 Å². The summed E-state index contributed by atoms with van der Waals surface area (Å²) in [6.07, 6.45) is -1.06. The molecule has 3 rings (SSSR count). The molecule has 0 aliphatic heterocycles. The Labute approximate surface area is 196 Å². The van der Waals surface area contributed by atoms with Crippen molar-refractivity contribution in [1.29, 1.82) is 0 Å². The zero-order chi connectivity index (χ0) is 23.8. The standard InChI is InChI=1S/C24H25ClN2O6/c1-3-32-24(30)20(28)13-19(26-23(29)21-14-22(31-2)27-33-21)11-15-7-9-16(10-8-15)17-5-4-6-18(25)12-17/h4-10,12,14,19-20,28H,3,11,13H2,1-2H3,(H,26,29)/t19-,20?/m1/s1. The highest BCUT2D eigenvalue weighted by Crippen LogP contribution is 2.23. The van der Waals surface area contributed by atoms with Gasteiger partial charge in [-0.05, 0) is 47.3 Å². The second-order valence-corrected chi connectivity index (χ2v) is 7.76. The highest BCUT2D eigenvalue weighted by molar-refractivity contribution is 6.30. The van der Waals surface area contributed by atoms with Crippen molar-refractivity contribution in [2.75, 3.05) is 13.7 Å². The zero-order valence-corrected chi connectivity index (χ0v) is 19.0. The van der Waals surface area contributed by atoms with E-state index in [4.69, 9.17) is 25.6 Å². The van der Waals surface area contributed by atoms with E-state index in [9.17, 15) is 14.7 Å². The Balaban J connectivity index is 1.74. The summed E-state index contributed by atoms with van der Waals surface area (Å²) in [7, 11) is 1.41. The number of amides is 1. The van der Waals surface area contributed by atoms with Gasteiger partial charge in [-0.3, -0.25) is 4.79 Å². The van der Waals surface area contributed by atoms with E-state index in [0.717, 1.165) is 16.7 Å². The molecule has 2 atom stereocenters. The lowest BCUT2D eigenvalue weighted by Crippen LogP contribution is -2.40. The summed E-state index contributed by atoms with van der Waals surface area (Å²) in [6.45, 7) is 1.80. The molecular formula is C24H25ClN2O6. The number of carbonyl (C=O) groups excluding carboxylic acids is 2. The fraction of sp³-hybridized carbons (Fsp3) is 0.292. The van der Waals surface area contributed by atoms with Crippen LogP contribution in [0.4, 0.5) is 0 Å². The van der Waals surface area contributed by atoms with Gasteiger partial charge in [-0.1, -0.05) is 48.0 Å². The van der Waals surface area contributed by atoms with E-state index in [-0.39, 0.29) is 24.7 Å². The molecule has 1 unspecified atom stereocenters. The van der Waals surface area contributed by atoms with Gasteiger partial charge in [0.1, 0.15) is 0 Å². The van der Waals surface area contributed by atoms with Crippen LogP contribution in [-0.4, -0.2) is 48.0 Å². The number of aromatic nitrogens is 1. The van der Waals surface area contributed by atoms with Gasteiger partial charge >= 0.3 is 5.97 Å². The third-order valence-corrected chi connectivity index (χ3v) is 5.15. The quantitative estimate of drug-likeness (QED) is 0.433. The third kappa shape index (κ3) is 6.81. The van der Waals surface area contributed by atoms with Crippen LogP contribution in [-0.2, 0) is 16.0 Å². The number of halogens is 1. The van der Waals surface area contributed by atoms with Crippen LogP contribution >= 0.6 is 11.6 Å². The first-order chi connectivity index (χ1) is 15.9. The fourth-order valence-electron chi connectivity index (χ4n) is 3.30. The van der Waals surface area contributed by atoms with Crippen molar-refractivity contribution in [2.24, 2.45) is 0 Å². The van der Waals surface area contributed by atoms with Crippen LogP contribution in [0.1, 0.15) is 29.5 Å². The van der Waals surface area contributed by atoms with Gasteiger partial charge in [0.15, 0.2) is 6.10 Å². The minimum absolute atomic E-state index is 0.0358. The Morgan fingerprint density at radius 1 is 1.15 bits per heavy atom. The molecular weight excluding hydrogens is 448 g/mol. The van der Waals surface area contributed by atoms with Crippen molar-refractivity contribution in [3.05, 3.63) is 70.9 Å². The van der Waals surface area contributed by atoms with Gasteiger partial charge in [0.2, 0.25) is 5.76 Å². The molecule has 9 heteroatoms. The number of nitrogens with zero attached hydrogens (tertiary/aromatic N) is 1. The van der Waals surface area contributed by atoms with Gasteiger partial charge < -0.3 is 24.4 Å². The molecule has 0 aliphatic rings. The molecule has 2 N–H and O–H groups in total. The second kappa shape index (κ2) is 11.5. The number of aliphatic hydroxyl groups excluding tert-OH is 1. The molecule has 1 aromatic heterocycles. The number of methoxy groups -OCH3 is 1. The number of nitrogens with one attached hydrogen (secondary N) is 1. The SMILES string of the molecule is CCOC(=O)C(O)C[C@@H](Cc1ccc(-c2cccc(Cl)c2)cc1)NC(=O)c1cc(OC)no1. The first kappa shape index (κ1) is 24.3. The van der Waals surface area contributed by atoms with Crippen molar-refractivity contribution in [3.8, 4) is 17.0 Å². The summed E-state index contributed by atoms with van der Waals surface area (Å²) in [5, 5.41) is 17.3. The summed E-state index contributed by atoms with van der Waals surface area (Å²) in [5.41, 5.74) is 2.87. The Hall–Kier alpha value is -3.36. The van der Waals surface area contributed by atoms with Crippen molar-refractivity contribution in [2.45, 2.75) is 31.9 Å². The predicted octanol–water partition coefficient (Wildman–Crippen LogP) is 3.66. The summed E-state index contributed by atoms with van der Waals surface area (Å²) < 4.78 is 14.8. The molecule has 33 heavy (non-hydrogen) atoms. The molecule has 2 aromatic carbocycles. The monoisotopic (exact) mass is 472 g/mol. The number of carbonyl (C=O) groups is 2. The van der Waals surface area contributed by atoms with Gasteiger partial charge in [0.05, 0.1) is 19.8 Å². The van der Waals surface area contributed by atoms with E-state index < -0.39 is 24.0 Å². The van der Waals surface area contributed by atoms with Crippen molar-refractivity contribution < 1.29 is 28.7 Å². The maximum absolute atomic E-state index is 12.6. The van der Waals surface area contributed by atoms with Crippen molar-refractivity contribution in [1.82, 2.24) is 10.5 Å². The average molecular weight is 473 g/mol. The molecule has 0 aliphatic carbocycles. The van der Waals surface area contributed by atoms with Crippen molar-refractivity contribution >= 4 is 23.5 Å². The topological polar surface area (TPSA) is 111 Å². The van der Waals surface area contributed by atoms with Gasteiger partial charge in [-0.15, -0.1) is 0 Å². The highest BCUT2D eigenvalue weighted by Gasteiger charge is 2.25. The van der Waals surface area contributed by atoms with Crippen molar-refractivity contribution in [3.63, 3.8) is 0 Å². The molecule has 0 saturated heterocycles. The van der Waals surface area contributed by atoms with E-state index in [1.807, 2.05) is 48.5 Å². The number of ether oxygens (including phenoxy) is 2. The first-order valence-corrected chi connectivity index (χ1v) is 10.8. The molecule has 1 heterocycles. The smallest absolute Gasteiger partial charge is 0.335 e. The molecule has 0 spiro atoms. The molecule has 174 valence electrons. The number of benzene rings is 2. The lowest BCUT2D eigenvalue weighted by atomic mass is 9.97. The number of rotatable bonds is 10. The molecule has 8 nitrogen and oxygen atoms in total. The lowest BCUT2D eigenvalue weighted by molar-refractivity contribution is -0.153. The summed E-state index contributed by atoms with van der Waals surface area (Å²) >= 11 is 6.08. The maximum Gasteiger partial charge on any atom is 0.335 e. The maximum atomic E-state index is 12.6. The van der Waals surface area contributed by atoms with Crippen LogP contribution in [0.25, 0.3) is 11.1 Å². The third-order valence-electron chi connectivity index (χ3n) is 4.92. The Kier molecular flexibility index (Phi) is 8.46. The number of esters is 1. The summed E-state index contributed by atoms with van der Waals surface area (Å²) in [4.78, 5) is 24.5. The zero-order valence-electron chi connectivity index (χ0n) is 18.3. The molecule has 0 fully saturated rings. The van der Waals surface area contributed by atoms with Crippen LogP contribution in [0.2, 0.25) is 5.02 Å². The van der Waals surface area contributed by atoms with E-state index in [2.05, 4.69) is 10.5 Å². The van der Waals surface area contributed by atoms with E-state index in [0.29, 0.717) is 11.4 Å². The van der Waals surface area contributed by atoms with Gasteiger partial charge in [0, 0.05) is 17.5 Å². The summed E-state index contributed by atoms with van der Waals surface area (Å²) in [6, 6.07) is 16.0. The van der Waals surface area contributed by atoms with Crippen LogP contribution in [0.3, 0.4) is 0 Å². The van der Waals surface area contributed by atoms with E-state index in [1.165, 1.54) is 13.2 Å². The van der Waals surface area contributed by atoms with Gasteiger partial charge in [0.25, 0.3) is 11.8 Å².